The zero-order valence-electron chi connectivity index (χ0n) is 50.6. The number of alkyl carbamates (subject to hydrolysis) is 1. The predicted molar refractivity (Wildman–Crippen MR) is 314 cm³/mol. The third-order valence-corrected chi connectivity index (χ3v) is 17.1. The zero-order valence-corrected chi connectivity index (χ0v) is 51.4. The number of allylic oxidation sites excluding steroid dienone is 3. The molecule has 5 amide bonds. The van der Waals surface area contributed by atoms with E-state index in [0.717, 1.165) is 42.6 Å². The minimum Gasteiger partial charge on any atom is -0.495 e. The highest BCUT2D eigenvalue weighted by Crippen LogP contribution is 2.49. The summed E-state index contributed by atoms with van der Waals surface area (Å²) < 4.78 is 29.4. The van der Waals surface area contributed by atoms with Gasteiger partial charge in [0.2, 0.25) is 23.6 Å². The van der Waals surface area contributed by atoms with Gasteiger partial charge in [-0.1, -0.05) is 66.6 Å². The van der Waals surface area contributed by atoms with Crippen molar-refractivity contribution in [3.63, 3.8) is 0 Å². The second-order valence-electron chi connectivity index (χ2n) is 23.2. The van der Waals surface area contributed by atoms with Crippen molar-refractivity contribution >= 4 is 70.3 Å². The van der Waals surface area contributed by atoms with E-state index >= 15 is 0 Å². The van der Waals surface area contributed by atoms with Crippen molar-refractivity contribution in [2.75, 3.05) is 52.8 Å². The monoisotopic (exact) mass is 1200 g/mol. The lowest BCUT2D eigenvalue weighted by Gasteiger charge is -2.42. The molecule has 0 unspecified atom stereocenters. The van der Waals surface area contributed by atoms with Gasteiger partial charge >= 0.3 is 12.1 Å². The fraction of sp³-hybridized carbons (Fsp3) is 0.597. The van der Waals surface area contributed by atoms with Crippen LogP contribution in [0.3, 0.4) is 0 Å². The maximum Gasteiger partial charge on any atom is 0.409 e. The summed E-state index contributed by atoms with van der Waals surface area (Å²) in [4.78, 5) is 127. The molecule has 466 valence electrons. The Kier molecular flexibility index (Phi) is 24.4. The molecule has 0 aliphatic carbocycles. The number of Topliss-reactive ketones (excluding diaryl/α,β-unsaturated/α-hetero) is 3. The van der Waals surface area contributed by atoms with Crippen LogP contribution < -0.4 is 25.8 Å². The number of likely N-dealkylation sites (tertiary alicyclic amines) is 1. The predicted octanol–water partition coefficient (Wildman–Crippen LogP) is 5.98. The molecule has 4 aliphatic heterocycles. The molecule has 6 rings (SSSR count). The number of hydrogen-bond acceptors (Lipinski definition) is 17. The van der Waals surface area contributed by atoms with Crippen LogP contribution in [0.15, 0.2) is 60.2 Å². The lowest BCUT2D eigenvalue weighted by Crippen LogP contribution is -2.63. The molecular formula is C62H85ClN6O16. The molecule has 3 fully saturated rings. The molecule has 85 heavy (non-hydrogen) atoms. The van der Waals surface area contributed by atoms with E-state index in [4.69, 9.17) is 40.1 Å². The summed E-state index contributed by atoms with van der Waals surface area (Å²) in [5.74, 6) is -2.66. The number of nitrogens with zero attached hydrogens (tertiary/aromatic N) is 3. The van der Waals surface area contributed by atoms with E-state index in [2.05, 4.69) is 21.0 Å². The van der Waals surface area contributed by atoms with E-state index in [1.54, 1.807) is 83.3 Å². The number of carbonyl (C=O) groups is 9. The SMILES string of the molecule is COc1cc2cc(c1Cl)N(C)C(=O)C[C@H](OC(=O)[C@H](C)N(C)C(=O)CCCCC(=O)NOCc1ccc(CC(=O)[C@H](C)NC(=O)CCC(=O)CCN3CCC(C(C)=O)CC3)cc1)[C@]1(C)O[C@H]1[C@H](C)[C@@H]1C[C@@](O)(NC(=O)O1)[C@H](OC)/C=C/C=C(\C)C2. The number of rotatable bonds is 24. The number of epoxide rings is 1. The Labute approximate surface area is 502 Å². The Morgan fingerprint density at radius 1 is 0.953 bits per heavy atom. The molecule has 0 saturated carbocycles. The number of ketones is 3. The number of methoxy groups -OCH3 is 2. The van der Waals surface area contributed by atoms with Crippen molar-refractivity contribution < 1.29 is 76.8 Å². The summed E-state index contributed by atoms with van der Waals surface area (Å²) in [6.45, 7) is 12.3. The van der Waals surface area contributed by atoms with Gasteiger partial charge in [-0.3, -0.25) is 43.7 Å². The van der Waals surface area contributed by atoms with Gasteiger partial charge in [0, 0.05) is 84.5 Å². The van der Waals surface area contributed by atoms with Gasteiger partial charge in [-0.2, -0.15) is 0 Å². The fourth-order valence-electron chi connectivity index (χ4n) is 10.9. The minimum absolute atomic E-state index is 0.00136. The van der Waals surface area contributed by atoms with E-state index < -0.39 is 83.5 Å². The fourth-order valence-corrected chi connectivity index (χ4v) is 11.2. The number of carbonyl (C=O) groups excluding carboxylic acids is 9. The van der Waals surface area contributed by atoms with Gasteiger partial charge in [-0.05, 0) is 109 Å². The van der Waals surface area contributed by atoms with E-state index in [1.165, 1.54) is 38.0 Å². The number of halogens is 1. The Bertz CT molecular complexity index is 2820. The summed E-state index contributed by atoms with van der Waals surface area (Å²) in [5.41, 5.74) is 2.66. The van der Waals surface area contributed by atoms with Crippen LogP contribution in [0.25, 0.3) is 0 Å². The number of ether oxygens (including phenoxy) is 5. The van der Waals surface area contributed by atoms with Crippen molar-refractivity contribution in [1.82, 2.24) is 25.9 Å². The largest absolute Gasteiger partial charge is 0.495 e. The summed E-state index contributed by atoms with van der Waals surface area (Å²) in [6.07, 6.45) is 3.15. The molecule has 3 saturated heterocycles. The first-order chi connectivity index (χ1) is 40.2. The highest BCUT2D eigenvalue weighted by Gasteiger charge is 2.64. The Morgan fingerprint density at radius 3 is 2.31 bits per heavy atom. The standard InChI is InChI=1S/C62H85ClN6O16/c1-37-14-13-15-51(81-10)62(79)35-50(83-60(78)65-62)38(2)58-61(6,85-58)52(34-56(76)68(8)47-31-44(30-37)33-49(80-9)57(47)63)84-59(77)40(4)67(7)55(75)17-12-11-16-54(74)66-82-36-43-20-18-42(19-21-43)32-48(72)39(3)64-53(73)23-22-46(71)26-29-69-27-24-45(25-28-69)41(5)70/h13-15,18-21,31,33,38-40,45,50-52,58,79H,11-12,16-17,22-30,32,34-36H2,1-10H3,(H,64,73)(H,65,78)(H,66,74)/b15-13+,37-14+/t38-,39+,40+,50+,51-,52+,58+,61+,62+/m1/s1. The van der Waals surface area contributed by atoms with Gasteiger partial charge in [0.25, 0.3) is 0 Å². The molecule has 4 bridgehead atoms. The number of hydrogen-bond donors (Lipinski definition) is 4. The second kappa shape index (κ2) is 30.7. The van der Waals surface area contributed by atoms with Crippen LogP contribution in [0.2, 0.25) is 5.02 Å². The highest BCUT2D eigenvalue weighted by molar-refractivity contribution is 6.35. The Hall–Kier alpha value is -6.56. The van der Waals surface area contributed by atoms with Gasteiger partial charge in [0.05, 0.1) is 38.0 Å². The minimum atomic E-state index is -1.88. The summed E-state index contributed by atoms with van der Waals surface area (Å²) in [7, 11) is 5.88. The average molecular weight is 1210 g/mol. The quantitative estimate of drug-likeness (QED) is 0.0407. The number of hydroxylamine groups is 1. The zero-order chi connectivity index (χ0) is 62.3. The second-order valence-corrected chi connectivity index (χ2v) is 23.6. The molecular weight excluding hydrogens is 1120 g/mol. The van der Waals surface area contributed by atoms with Crippen molar-refractivity contribution in [1.29, 1.82) is 0 Å². The maximum absolute atomic E-state index is 14.4. The van der Waals surface area contributed by atoms with Crippen molar-refractivity contribution in [3.05, 3.63) is 81.9 Å². The number of unbranched alkanes of at least 4 members (excludes halogenated alkanes) is 1. The molecule has 2 aromatic carbocycles. The average Bonchev–Trinajstić information content (AvgIpc) is 2.62. The topological polar surface area (TPSA) is 278 Å². The van der Waals surface area contributed by atoms with Crippen LogP contribution in [0.1, 0.15) is 129 Å². The number of benzene rings is 2. The van der Waals surface area contributed by atoms with Gasteiger partial charge in [-0.25, -0.2) is 15.1 Å². The number of fused-ring (bicyclic) bond motifs is 5. The van der Waals surface area contributed by atoms with Crippen LogP contribution in [0, 0.1) is 11.8 Å². The molecule has 9 atom stereocenters. The van der Waals surface area contributed by atoms with E-state index in [9.17, 15) is 48.3 Å². The van der Waals surface area contributed by atoms with Gasteiger partial charge in [0.15, 0.2) is 11.5 Å². The van der Waals surface area contributed by atoms with Crippen LogP contribution in [-0.2, 0) is 81.6 Å². The van der Waals surface area contributed by atoms with Gasteiger partial charge < -0.3 is 48.8 Å². The molecule has 4 N–H and O–H groups in total. The third kappa shape index (κ3) is 18.7. The number of likely N-dealkylation sites (N-methyl/N-ethyl adjacent to an activating group) is 1. The summed E-state index contributed by atoms with van der Waals surface area (Å²) in [5, 5.41) is 17.2. The third-order valence-electron chi connectivity index (χ3n) is 16.8. The molecule has 0 aromatic heterocycles. The normalized spacial score (nSPS) is 25.5. The number of esters is 1. The van der Waals surface area contributed by atoms with Gasteiger partial charge in [0.1, 0.15) is 52.3 Å². The van der Waals surface area contributed by atoms with Gasteiger partial charge in [-0.15, -0.1) is 0 Å². The highest BCUT2D eigenvalue weighted by atomic mass is 35.5. The molecule has 23 heteroatoms. The van der Waals surface area contributed by atoms with Crippen LogP contribution in [-0.4, -0.2) is 164 Å². The summed E-state index contributed by atoms with van der Waals surface area (Å²) >= 11 is 6.82. The van der Waals surface area contributed by atoms with Crippen molar-refractivity contribution in [3.8, 4) is 5.75 Å². The Morgan fingerprint density at radius 2 is 1.64 bits per heavy atom. The van der Waals surface area contributed by atoms with Crippen molar-refractivity contribution in [2.24, 2.45) is 11.8 Å². The number of anilines is 1. The van der Waals surface area contributed by atoms with E-state index in [-0.39, 0.29) is 85.8 Å². The molecule has 2 aromatic rings. The lowest BCUT2D eigenvalue weighted by atomic mass is 9.83. The first kappa shape index (κ1) is 67.6. The lowest BCUT2D eigenvalue weighted by molar-refractivity contribution is -0.162. The van der Waals surface area contributed by atoms with Crippen molar-refractivity contribution in [2.45, 2.75) is 179 Å². The molecule has 0 radical (unpaired) electrons. The smallest absolute Gasteiger partial charge is 0.409 e. The van der Waals surface area contributed by atoms with Crippen LogP contribution in [0.5, 0.6) is 5.75 Å². The Balaban J connectivity index is 0.953. The first-order valence-corrected chi connectivity index (χ1v) is 29.5. The summed E-state index contributed by atoms with van der Waals surface area (Å²) in [6, 6.07) is 8.69. The van der Waals surface area contributed by atoms with E-state index in [1.807, 2.05) is 13.0 Å². The molecule has 22 nitrogen and oxygen atoms in total. The molecule has 4 aliphatic rings. The number of aliphatic hydroxyl groups is 1. The number of piperidine rings is 1. The maximum atomic E-state index is 14.4. The molecule has 4 heterocycles. The number of nitrogens with one attached hydrogen (secondary N) is 3. The van der Waals surface area contributed by atoms with Crippen LogP contribution in [0.4, 0.5) is 10.5 Å². The first-order valence-electron chi connectivity index (χ1n) is 29.2. The number of amides is 5. The van der Waals surface area contributed by atoms with Crippen LogP contribution >= 0.6 is 11.6 Å². The molecule has 0 spiro atoms. The van der Waals surface area contributed by atoms with E-state index in [0.29, 0.717) is 49.2 Å².